The van der Waals surface area contributed by atoms with E-state index in [9.17, 15) is 0 Å². The zero-order valence-electron chi connectivity index (χ0n) is 31.8. The van der Waals surface area contributed by atoms with Crippen LogP contribution >= 0.6 is 23.5 Å². The summed E-state index contributed by atoms with van der Waals surface area (Å²) in [6, 6.07) is 19.8. The Morgan fingerprint density at radius 3 is 1.14 bits per heavy atom. The van der Waals surface area contributed by atoms with E-state index in [1.165, 1.54) is 11.1 Å². The van der Waals surface area contributed by atoms with E-state index >= 15 is 0 Å². The second kappa shape index (κ2) is 13.3. The first-order valence-corrected chi connectivity index (χ1v) is 19.3. The van der Waals surface area contributed by atoms with Gasteiger partial charge in [0, 0.05) is 18.1 Å². The van der Waals surface area contributed by atoms with E-state index in [4.69, 9.17) is 20.2 Å². The van der Waals surface area contributed by atoms with Crippen LogP contribution in [0.3, 0.4) is 0 Å². The number of nitrogens with zero attached hydrogens (tertiary/aromatic N) is 7. The number of pyridine rings is 2. The Labute approximate surface area is 302 Å². The molecule has 4 heterocycles. The Kier molecular flexibility index (Phi) is 9.96. The molecule has 0 bridgehead atoms. The Morgan fingerprint density at radius 1 is 0.490 bits per heavy atom. The van der Waals surface area contributed by atoms with Crippen molar-refractivity contribution in [3.05, 3.63) is 89.2 Å². The van der Waals surface area contributed by atoms with Crippen LogP contribution in [0, 0.1) is 0 Å². The van der Waals surface area contributed by atoms with Gasteiger partial charge < -0.3 is 0 Å². The van der Waals surface area contributed by atoms with E-state index in [1.807, 2.05) is 46.4 Å². The third kappa shape index (κ3) is 8.26. The van der Waals surface area contributed by atoms with Crippen molar-refractivity contribution in [2.45, 2.75) is 115 Å². The molecular weight excluding hydrogens is 643 g/mol. The molecule has 0 amide bonds. The van der Waals surface area contributed by atoms with E-state index < -0.39 is 0 Å². The van der Waals surface area contributed by atoms with E-state index in [0.717, 1.165) is 50.1 Å². The summed E-state index contributed by atoms with van der Waals surface area (Å²) in [6.45, 7) is 27.1. The van der Waals surface area contributed by atoms with Gasteiger partial charge in [-0.3, -0.25) is 4.90 Å². The lowest BCUT2D eigenvalue weighted by Crippen LogP contribution is -2.22. The highest BCUT2D eigenvalue weighted by Crippen LogP contribution is 2.41. The van der Waals surface area contributed by atoms with Gasteiger partial charge in [0.2, 0.25) is 0 Å². The molecule has 1 aromatic carbocycles. The molecule has 0 saturated carbocycles. The maximum absolute atomic E-state index is 5.36. The molecule has 7 nitrogen and oxygen atoms in total. The number of hydrogen-bond acceptors (Lipinski definition) is 7. The van der Waals surface area contributed by atoms with E-state index in [-0.39, 0.29) is 21.7 Å². The number of aromatic nitrogens is 6. The first-order valence-electron chi connectivity index (χ1n) is 16.9. The van der Waals surface area contributed by atoms with Crippen molar-refractivity contribution in [1.29, 1.82) is 0 Å². The molecule has 4 aromatic heterocycles. The number of benzene rings is 1. The lowest BCUT2D eigenvalue weighted by atomic mass is 9.80. The molecule has 260 valence electrons. The van der Waals surface area contributed by atoms with Gasteiger partial charge in [0.15, 0.2) is 11.6 Å². The summed E-state index contributed by atoms with van der Waals surface area (Å²) in [4.78, 5) is 13.0. The highest BCUT2D eigenvalue weighted by atomic mass is 32.2. The summed E-state index contributed by atoms with van der Waals surface area (Å²) in [7, 11) is 0. The molecule has 0 aliphatic rings. The third-order valence-electron chi connectivity index (χ3n) is 8.71. The van der Waals surface area contributed by atoms with Gasteiger partial charge in [0.1, 0.15) is 21.7 Å². The maximum Gasteiger partial charge on any atom is 0.156 e. The fourth-order valence-corrected chi connectivity index (χ4v) is 6.14. The van der Waals surface area contributed by atoms with Crippen molar-refractivity contribution >= 4 is 40.8 Å². The van der Waals surface area contributed by atoms with Crippen LogP contribution in [0.4, 0.5) is 17.3 Å². The SMILES string of the molecule is CSc1ccn(-c2cc(C(C)(C)C)cc(N(c3cc(C(C)(C)C)cc(C(C)(C)C)c3)c3cc(C(C)(C)C)cc(-n4ccc(SC)n4)n3)n2)n1. The zero-order valence-corrected chi connectivity index (χ0v) is 33.4. The van der Waals surface area contributed by atoms with Crippen LogP contribution in [-0.4, -0.2) is 42.0 Å². The highest BCUT2D eigenvalue weighted by molar-refractivity contribution is 7.98. The molecule has 0 unspecified atom stereocenters. The lowest BCUT2D eigenvalue weighted by molar-refractivity contribution is 0.568. The molecule has 0 spiro atoms. The van der Waals surface area contributed by atoms with Gasteiger partial charge in [-0.1, -0.05) is 89.2 Å². The molecular formula is C40H53N7S2. The van der Waals surface area contributed by atoms with Gasteiger partial charge in [-0.15, -0.1) is 23.5 Å². The van der Waals surface area contributed by atoms with Gasteiger partial charge in [0.05, 0.1) is 0 Å². The van der Waals surface area contributed by atoms with Crippen LogP contribution in [0.5, 0.6) is 0 Å². The Bertz CT molecular complexity index is 1810. The molecule has 5 aromatic rings. The quantitative estimate of drug-likeness (QED) is 0.157. The van der Waals surface area contributed by atoms with Crippen molar-refractivity contribution in [2.24, 2.45) is 0 Å². The van der Waals surface area contributed by atoms with E-state index in [2.05, 4.69) is 130 Å². The average Bonchev–Trinajstić information content (AvgIpc) is 3.69. The monoisotopic (exact) mass is 695 g/mol. The number of rotatable bonds is 7. The number of thioether (sulfide) groups is 2. The fourth-order valence-electron chi connectivity index (χ4n) is 5.41. The minimum absolute atomic E-state index is 0.0774. The van der Waals surface area contributed by atoms with Crippen LogP contribution in [-0.2, 0) is 21.7 Å². The standard InChI is InChI=1S/C40H53N7S2/c1-37(2,3)26-19-27(38(4,5)6)21-30(20-26)47(33-24-28(39(7,8)9)22-31(41-33)45-17-15-35(43-45)48-13)34-25-29(40(10,11)12)23-32(42-34)46-18-16-36(44-46)49-14/h15-25H,1-14H3. The second-order valence-electron chi connectivity index (χ2n) is 16.9. The van der Waals surface area contributed by atoms with Crippen molar-refractivity contribution in [3.8, 4) is 11.6 Å². The van der Waals surface area contributed by atoms with Gasteiger partial charge in [0.25, 0.3) is 0 Å². The zero-order chi connectivity index (χ0) is 36.1. The molecule has 0 saturated heterocycles. The summed E-state index contributed by atoms with van der Waals surface area (Å²) >= 11 is 3.25. The summed E-state index contributed by atoms with van der Waals surface area (Å²) in [6.07, 6.45) is 8.07. The highest BCUT2D eigenvalue weighted by Gasteiger charge is 2.28. The van der Waals surface area contributed by atoms with Crippen LogP contribution in [0.2, 0.25) is 0 Å². The second-order valence-corrected chi connectivity index (χ2v) is 18.5. The normalized spacial score (nSPS) is 12.9. The molecule has 0 atom stereocenters. The van der Waals surface area contributed by atoms with Gasteiger partial charge in [-0.05, 0) is 105 Å². The summed E-state index contributed by atoms with van der Waals surface area (Å²) in [5, 5.41) is 11.6. The predicted molar refractivity (Wildman–Crippen MR) is 209 cm³/mol. The number of hydrogen-bond donors (Lipinski definition) is 0. The summed E-state index contributed by atoms with van der Waals surface area (Å²) in [5.74, 6) is 3.09. The van der Waals surface area contributed by atoms with Crippen LogP contribution < -0.4 is 4.90 Å². The van der Waals surface area contributed by atoms with Gasteiger partial charge in [-0.2, -0.15) is 10.2 Å². The molecule has 0 radical (unpaired) electrons. The van der Waals surface area contributed by atoms with Crippen LogP contribution in [0.1, 0.15) is 105 Å². The number of anilines is 3. The minimum Gasteiger partial charge on any atom is -0.279 e. The van der Waals surface area contributed by atoms with Crippen LogP contribution in [0.15, 0.2) is 77.0 Å². The van der Waals surface area contributed by atoms with E-state index in [0.29, 0.717) is 0 Å². The van der Waals surface area contributed by atoms with Crippen molar-refractivity contribution < 1.29 is 0 Å². The van der Waals surface area contributed by atoms with Crippen molar-refractivity contribution in [2.75, 3.05) is 17.4 Å². The Balaban J connectivity index is 1.90. The van der Waals surface area contributed by atoms with Gasteiger partial charge in [-0.25, -0.2) is 19.3 Å². The molecule has 5 rings (SSSR count). The molecule has 0 fully saturated rings. The fraction of sp³-hybridized carbons (Fsp3) is 0.450. The molecule has 0 aliphatic heterocycles. The van der Waals surface area contributed by atoms with E-state index in [1.54, 1.807) is 23.5 Å². The first-order chi connectivity index (χ1) is 22.7. The van der Waals surface area contributed by atoms with Crippen molar-refractivity contribution in [3.63, 3.8) is 0 Å². The Morgan fingerprint density at radius 2 is 0.837 bits per heavy atom. The molecule has 9 heteroatoms. The average molecular weight is 696 g/mol. The predicted octanol–water partition coefficient (Wildman–Crippen LogP) is 11.0. The lowest BCUT2D eigenvalue weighted by Gasteiger charge is -2.32. The topological polar surface area (TPSA) is 64.7 Å². The minimum atomic E-state index is -0.146. The van der Waals surface area contributed by atoms with Gasteiger partial charge >= 0.3 is 0 Å². The molecule has 0 N–H and O–H groups in total. The third-order valence-corrected chi connectivity index (χ3v) is 9.98. The summed E-state index contributed by atoms with van der Waals surface area (Å²) in [5.41, 5.74) is 5.40. The molecule has 49 heavy (non-hydrogen) atoms. The summed E-state index contributed by atoms with van der Waals surface area (Å²) < 4.78 is 3.76. The first kappa shape index (κ1) is 36.7. The van der Waals surface area contributed by atoms with Crippen LogP contribution in [0.25, 0.3) is 11.6 Å². The Hall–Kier alpha value is -3.56. The smallest absolute Gasteiger partial charge is 0.156 e. The maximum atomic E-state index is 5.36. The van der Waals surface area contributed by atoms with Crippen molar-refractivity contribution in [1.82, 2.24) is 29.5 Å². The molecule has 0 aliphatic carbocycles. The largest absolute Gasteiger partial charge is 0.279 e.